The number of fused-ring (bicyclic) bond motifs is 1. The Bertz CT molecular complexity index is 1610. The van der Waals surface area contributed by atoms with Crippen LogP contribution in [0, 0.1) is 5.82 Å². The molecule has 1 fully saturated rings. The number of likely N-dealkylation sites (tertiary alicyclic amines) is 1. The Morgan fingerprint density at radius 2 is 1.76 bits per heavy atom. The standard InChI is InChI=1S/C34H38FN3O4/c1-3-7-30-32(15-14-27(23(2)39)33(30)40)42-21-6-18-37-19-16-26(17-20-37)38-34(41)29-9-5-4-8-28(29)31(36-38)22-24-10-12-25(35)13-11-24/h4-5,8-15,26,40H,3,6-7,16-22H2,1-2H3. The Hall–Kier alpha value is -4.04. The molecule has 0 saturated carbocycles. The van der Waals surface area contributed by atoms with Crippen LogP contribution in [0.25, 0.3) is 10.8 Å². The van der Waals surface area contributed by atoms with Gasteiger partial charge in [-0.25, -0.2) is 9.07 Å². The summed E-state index contributed by atoms with van der Waals surface area (Å²) in [6, 6.07) is 17.4. The van der Waals surface area contributed by atoms with Gasteiger partial charge in [-0.2, -0.15) is 5.10 Å². The van der Waals surface area contributed by atoms with Gasteiger partial charge in [0.2, 0.25) is 0 Å². The van der Waals surface area contributed by atoms with Gasteiger partial charge in [0.05, 0.1) is 29.3 Å². The second-order valence-electron chi connectivity index (χ2n) is 11.1. The van der Waals surface area contributed by atoms with Gasteiger partial charge in [-0.05, 0) is 68.5 Å². The van der Waals surface area contributed by atoms with Crippen LogP contribution in [0.2, 0.25) is 0 Å². The molecule has 0 radical (unpaired) electrons. The zero-order valence-corrected chi connectivity index (χ0v) is 24.3. The van der Waals surface area contributed by atoms with Crippen molar-refractivity contribution >= 4 is 16.6 Å². The van der Waals surface area contributed by atoms with Gasteiger partial charge in [-0.3, -0.25) is 9.59 Å². The molecule has 1 aliphatic rings. The number of ketones is 1. The third kappa shape index (κ3) is 6.54. The highest BCUT2D eigenvalue weighted by Gasteiger charge is 2.24. The van der Waals surface area contributed by atoms with Gasteiger partial charge in [-0.1, -0.05) is 43.7 Å². The lowest BCUT2D eigenvalue weighted by Crippen LogP contribution is -2.39. The van der Waals surface area contributed by atoms with Crippen molar-refractivity contribution in [1.29, 1.82) is 0 Å². The number of carbonyl (C=O) groups is 1. The van der Waals surface area contributed by atoms with Crippen LogP contribution in [0.5, 0.6) is 11.5 Å². The van der Waals surface area contributed by atoms with Gasteiger partial charge in [0, 0.05) is 37.0 Å². The average Bonchev–Trinajstić information content (AvgIpc) is 2.99. The molecular formula is C34H38FN3O4. The Morgan fingerprint density at radius 3 is 2.45 bits per heavy atom. The van der Waals surface area contributed by atoms with Crippen molar-refractivity contribution in [2.45, 2.75) is 58.4 Å². The first-order valence-electron chi connectivity index (χ1n) is 14.8. The molecular weight excluding hydrogens is 533 g/mol. The number of halogens is 1. The number of nitrogens with zero attached hydrogens (tertiary/aromatic N) is 3. The summed E-state index contributed by atoms with van der Waals surface area (Å²) in [6.45, 7) is 6.56. The first-order chi connectivity index (χ1) is 20.4. The predicted octanol–water partition coefficient (Wildman–Crippen LogP) is 6.09. The maximum absolute atomic E-state index is 13.5. The van der Waals surface area contributed by atoms with Crippen LogP contribution in [0.15, 0.2) is 65.5 Å². The molecule has 8 heteroatoms. The lowest BCUT2D eigenvalue weighted by Gasteiger charge is -2.32. The minimum absolute atomic E-state index is 0.0148. The summed E-state index contributed by atoms with van der Waals surface area (Å²) in [6.07, 6.45) is 4.47. The van der Waals surface area contributed by atoms with E-state index in [1.165, 1.54) is 19.1 Å². The summed E-state index contributed by atoms with van der Waals surface area (Å²) in [5.74, 6) is 0.229. The van der Waals surface area contributed by atoms with Gasteiger partial charge in [0.15, 0.2) is 5.78 Å². The molecule has 1 saturated heterocycles. The summed E-state index contributed by atoms with van der Waals surface area (Å²) in [7, 11) is 0. The molecule has 42 heavy (non-hydrogen) atoms. The van der Waals surface area contributed by atoms with Crippen LogP contribution in [0.1, 0.15) is 72.8 Å². The lowest BCUT2D eigenvalue weighted by atomic mass is 10.0. The fourth-order valence-electron chi connectivity index (χ4n) is 5.83. The van der Waals surface area contributed by atoms with Crippen LogP contribution in [0.4, 0.5) is 4.39 Å². The summed E-state index contributed by atoms with van der Waals surface area (Å²) < 4.78 is 21.2. The Morgan fingerprint density at radius 1 is 1.05 bits per heavy atom. The van der Waals surface area contributed by atoms with Crippen LogP contribution in [-0.4, -0.2) is 51.8 Å². The van der Waals surface area contributed by atoms with E-state index in [-0.39, 0.29) is 29.0 Å². The number of rotatable bonds is 11. The van der Waals surface area contributed by atoms with Crippen molar-refractivity contribution in [3.63, 3.8) is 0 Å². The van der Waals surface area contributed by atoms with Crippen molar-refractivity contribution in [2.24, 2.45) is 0 Å². The number of aromatic nitrogens is 2. The van der Waals surface area contributed by atoms with Gasteiger partial charge in [0.25, 0.3) is 5.56 Å². The molecule has 0 atom stereocenters. The van der Waals surface area contributed by atoms with E-state index >= 15 is 0 Å². The fourth-order valence-corrected chi connectivity index (χ4v) is 5.83. The van der Waals surface area contributed by atoms with E-state index in [1.54, 1.807) is 28.9 Å². The van der Waals surface area contributed by atoms with Crippen molar-refractivity contribution in [2.75, 3.05) is 26.2 Å². The normalized spacial score (nSPS) is 14.4. The number of Topliss-reactive ketones (excluding diaryl/α,β-unsaturated/α-hetero) is 1. The zero-order valence-electron chi connectivity index (χ0n) is 24.3. The van der Waals surface area contributed by atoms with Crippen molar-refractivity contribution in [3.8, 4) is 11.5 Å². The molecule has 220 valence electrons. The van der Waals surface area contributed by atoms with Crippen molar-refractivity contribution < 1.29 is 19.0 Å². The Labute approximate surface area is 245 Å². The number of benzene rings is 3. The predicted molar refractivity (Wildman–Crippen MR) is 162 cm³/mol. The topological polar surface area (TPSA) is 84.7 Å². The number of carbonyl (C=O) groups excluding carboxylic acids is 1. The van der Waals surface area contributed by atoms with Crippen LogP contribution < -0.4 is 10.3 Å². The molecule has 0 aliphatic carbocycles. The maximum Gasteiger partial charge on any atom is 0.274 e. The van der Waals surface area contributed by atoms with Crippen LogP contribution in [0.3, 0.4) is 0 Å². The zero-order chi connectivity index (χ0) is 29.6. The molecule has 1 aromatic heterocycles. The molecule has 4 aromatic rings. The molecule has 3 aromatic carbocycles. The highest BCUT2D eigenvalue weighted by molar-refractivity contribution is 5.97. The van der Waals surface area contributed by atoms with E-state index in [0.717, 1.165) is 62.0 Å². The summed E-state index contributed by atoms with van der Waals surface area (Å²) in [5, 5.41) is 16.9. The molecule has 5 rings (SSSR count). The Kier molecular flexibility index (Phi) is 9.32. The smallest absolute Gasteiger partial charge is 0.274 e. The van der Waals surface area contributed by atoms with E-state index in [2.05, 4.69) is 4.90 Å². The second-order valence-corrected chi connectivity index (χ2v) is 11.1. The molecule has 0 spiro atoms. The molecule has 0 bridgehead atoms. The average molecular weight is 572 g/mol. The van der Waals surface area contributed by atoms with Crippen LogP contribution in [-0.2, 0) is 12.8 Å². The van der Waals surface area contributed by atoms with Gasteiger partial charge < -0.3 is 14.7 Å². The summed E-state index contributed by atoms with van der Waals surface area (Å²) in [5.41, 5.74) is 2.72. The first-order valence-corrected chi connectivity index (χ1v) is 14.8. The lowest BCUT2D eigenvalue weighted by molar-refractivity contribution is 0.101. The third-order valence-electron chi connectivity index (χ3n) is 8.09. The maximum atomic E-state index is 13.5. The largest absolute Gasteiger partial charge is 0.507 e. The third-order valence-corrected chi connectivity index (χ3v) is 8.09. The summed E-state index contributed by atoms with van der Waals surface area (Å²) in [4.78, 5) is 27.6. The SMILES string of the molecule is CCCc1c(OCCCN2CCC(n3nc(Cc4ccc(F)cc4)c4ccccc4c3=O)CC2)ccc(C(C)=O)c1O. The molecule has 0 amide bonds. The minimum atomic E-state index is -0.274. The monoisotopic (exact) mass is 571 g/mol. The molecule has 1 aliphatic heterocycles. The molecule has 2 heterocycles. The highest BCUT2D eigenvalue weighted by atomic mass is 19.1. The highest BCUT2D eigenvalue weighted by Crippen LogP contribution is 2.33. The Balaban J connectivity index is 1.20. The van der Waals surface area contributed by atoms with Crippen molar-refractivity contribution in [3.05, 3.63) is 99.2 Å². The number of hydrogen-bond acceptors (Lipinski definition) is 6. The van der Waals surface area contributed by atoms with E-state index in [9.17, 15) is 19.1 Å². The van der Waals surface area contributed by atoms with Gasteiger partial charge in [-0.15, -0.1) is 0 Å². The quantitative estimate of drug-likeness (QED) is 0.173. The molecule has 0 unspecified atom stereocenters. The number of hydrogen-bond donors (Lipinski definition) is 1. The van der Waals surface area contributed by atoms with E-state index in [0.29, 0.717) is 41.7 Å². The second kappa shape index (κ2) is 13.3. The number of phenolic OH excluding ortho intramolecular Hbond substituents is 1. The number of piperidine rings is 1. The number of phenols is 1. The van der Waals surface area contributed by atoms with Gasteiger partial charge >= 0.3 is 0 Å². The summed E-state index contributed by atoms with van der Waals surface area (Å²) >= 11 is 0. The number of aromatic hydroxyl groups is 1. The van der Waals surface area contributed by atoms with Crippen molar-refractivity contribution in [1.82, 2.24) is 14.7 Å². The van der Waals surface area contributed by atoms with E-state index in [4.69, 9.17) is 9.84 Å². The number of ether oxygens (including phenoxy) is 1. The van der Waals surface area contributed by atoms with Gasteiger partial charge in [0.1, 0.15) is 17.3 Å². The van der Waals surface area contributed by atoms with E-state index in [1.807, 2.05) is 31.2 Å². The fraction of sp³-hybridized carbons (Fsp3) is 0.382. The molecule has 7 nitrogen and oxygen atoms in total. The van der Waals surface area contributed by atoms with Crippen LogP contribution >= 0.6 is 0 Å². The van der Waals surface area contributed by atoms with E-state index < -0.39 is 0 Å². The molecule has 1 N–H and O–H groups in total. The first kappa shape index (κ1) is 29.5. The minimum Gasteiger partial charge on any atom is -0.507 e.